The lowest BCUT2D eigenvalue weighted by atomic mass is 10.1. The molecular formula is C17H29N3O2S. The van der Waals surface area contributed by atoms with Gasteiger partial charge in [0.25, 0.3) is 0 Å². The number of hydrogen-bond donors (Lipinski definition) is 2. The van der Waals surface area contributed by atoms with Crippen LogP contribution in [0.15, 0.2) is 17.5 Å². The molecule has 130 valence electrons. The number of hydrogen-bond acceptors (Lipinski definition) is 4. The lowest BCUT2D eigenvalue weighted by molar-refractivity contribution is 0.0118. The molecule has 2 atom stereocenters. The highest BCUT2D eigenvalue weighted by atomic mass is 32.1. The maximum absolute atomic E-state index is 12.5. The zero-order chi connectivity index (χ0) is 17.0. The zero-order valence-electron chi connectivity index (χ0n) is 14.6. The summed E-state index contributed by atoms with van der Waals surface area (Å²) in [4.78, 5) is 17.9. The summed E-state index contributed by atoms with van der Waals surface area (Å²) in [6.45, 7) is 10.7. The molecule has 1 aromatic heterocycles. The number of β-amino-alcohol motifs (C(OH)–C–C–N with tert-alkyl or cyclic N) is 1. The first-order valence-corrected chi connectivity index (χ1v) is 9.17. The first kappa shape index (κ1) is 18.2. The Morgan fingerprint density at radius 2 is 2.26 bits per heavy atom. The molecule has 0 bridgehead atoms. The van der Waals surface area contributed by atoms with E-state index in [4.69, 9.17) is 0 Å². The Balaban J connectivity index is 1.81. The van der Waals surface area contributed by atoms with Crippen LogP contribution in [0.5, 0.6) is 0 Å². The number of carbonyl (C=O) groups is 1. The van der Waals surface area contributed by atoms with Crippen molar-refractivity contribution in [3.05, 3.63) is 22.4 Å². The van der Waals surface area contributed by atoms with Gasteiger partial charge in [-0.1, -0.05) is 6.07 Å². The molecule has 1 saturated heterocycles. The number of urea groups is 1. The van der Waals surface area contributed by atoms with Crippen LogP contribution in [0.1, 0.15) is 32.6 Å². The van der Waals surface area contributed by atoms with E-state index in [1.165, 1.54) is 4.88 Å². The van der Waals surface area contributed by atoms with Gasteiger partial charge >= 0.3 is 6.03 Å². The van der Waals surface area contributed by atoms with Gasteiger partial charge in [0.05, 0.1) is 5.60 Å². The molecule has 0 aliphatic carbocycles. The summed E-state index contributed by atoms with van der Waals surface area (Å²) in [5.74, 6) is 0. The second-order valence-corrected chi connectivity index (χ2v) is 8.26. The van der Waals surface area contributed by atoms with Gasteiger partial charge < -0.3 is 15.3 Å². The van der Waals surface area contributed by atoms with E-state index in [0.717, 1.165) is 19.5 Å². The second kappa shape index (κ2) is 7.64. The fourth-order valence-electron chi connectivity index (χ4n) is 3.10. The van der Waals surface area contributed by atoms with E-state index in [-0.39, 0.29) is 18.1 Å². The molecular weight excluding hydrogens is 310 g/mol. The summed E-state index contributed by atoms with van der Waals surface area (Å²) in [5, 5.41) is 15.1. The van der Waals surface area contributed by atoms with E-state index < -0.39 is 5.60 Å². The lowest BCUT2D eigenvalue weighted by Gasteiger charge is -2.41. The number of nitrogens with zero attached hydrogens (tertiary/aromatic N) is 2. The van der Waals surface area contributed by atoms with Gasteiger partial charge in [-0.3, -0.25) is 4.90 Å². The molecule has 6 heteroatoms. The second-order valence-electron chi connectivity index (χ2n) is 7.22. The minimum Gasteiger partial charge on any atom is -0.389 e. The maximum atomic E-state index is 12.5. The fourth-order valence-corrected chi connectivity index (χ4v) is 3.94. The average molecular weight is 340 g/mol. The number of thiophene rings is 1. The normalized spacial score (nSPS) is 21.3. The Bertz CT molecular complexity index is 498. The predicted octanol–water partition coefficient (Wildman–Crippen LogP) is 2.17. The summed E-state index contributed by atoms with van der Waals surface area (Å²) in [5.41, 5.74) is -0.695. The van der Waals surface area contributed by atoms with Crippen molar-refractivity contribution in [1.29, 1.82) is 0 Å². The molecule has 1 fully saturated rings. The highest BCUT2D eigenvalue weighted by molar-refractivity contribution is 7.09. The van der Waals surface area contributed by atoms with Gasteiger partial charge in [0.2, 0.25) is 0 Å². The molecule has 0 unspecified atom stereocenters. The van der Waals surface area contributed by atoms with Crippen LogP contribution in [-0.4, -0.2) is 64.8 Å². The first-order valence-electron chi connectivity index (χ1n) is 8.29. The molecule has 2 heterocycles. The molecule has 1 aromatic rings. The molecule has 1 aliphatic heterocycles. The van der Waals surface area contributed by atoms with Crippen molar-refractivity contribution in [2.75, 3.05) is 26.2 Å². The van der Waals surface area contributed by atoms with E-state index in [0.29, 0.717) is 13.1 Å². The molecule has 1 aliphatic rings. The van der Waals surface area contributed by atoms with E-state index in [1.807, 2.05) is 31.7 Å². The summed E-state index contributed by atoms with van der Waals surface area (Å²) in [6, 6.07) is 4.44. The van der Waals surface area contributed by atoms with E-state index in [9.17, 15) is 9.90 Å². The molecule has 2 N–H and O–H groups in total. The van der Waals surface area contributed by atoms with Crippen molar-refractivity contribution in [2.45, 2.75) is 51.8 Å². The zero-order valence-corrected chi connectivity index (χ0v) is 15.4. The van der Waals surface area contributed by atoms with Crippen LogP contribution in [0, 0.1) is 0 Å². The van der Waals surface area contributed by atoms with Crippen LogP contribution in [0.3, 0.4) is 0 Å². The molecule has 2 amide bonds. The topological polar surface area (TPSA) is 55.8 Å². The van der Waals surface area contributed by atoms with Crippen molar-refractivity contribution in [1.82, 2.24) is 15.1 Å². The Morgan fingerprint density at radius 1 is 1.52 bits per heavy atom. The van der Waals surface area contributed by atoms with Gasteiger partial charge in [-0.15, -0.1) is 11.3 Å². The molecule has 2 rings (SSSR count). The van der Waals surface area contributed by atoms with Crippen LogP contribution in [0.4, 0.5) is 4.79 Å². The third kappa shape index (κ3) is 5.79. The molecule has 0 aromatic carbocycles. The molecule has 0 radical (unpaired) electrons. The molecule has 23 heavy (non-hydrogen) atoms. The maximum Gasteiger partial charge on any atom is 0.317 e. The Kier molecular flexibility index (Phi) is 6.06. The number of aliphatic hydroxyl groups is 1. The minimum atomic E-state index is -0.695. The third-order valence-corrected chi connectivity index (χ3v) is 4.94. The Labute approximate surface area is 143 Å². The minimum absolute atomic E-state index is 0.0180. The molecule has 0 saturated carbocycles. The average Bonchev–Trinajstić information content (AvgIpc) is 2.89. The number of amides is 2. The highest BCUT2D eigenvalue weighted by Crippen LogP contribution is 2.15. The van der Waals surface area contributed by atoms with Crippen molar-refractivity contribution < 1.29 is 9.90 Å². The lowest BCUT2D eigenvalue weighted by Crippen LogP contribution is -2.59. The summed E-state index contributed by atoms with van der Waals surface area (Å²) >= 11 is 1.72. The van der Waals surface area contributed by atoms with Crippen molar-refractivity contribution in [3.63, 3.8) is 0 Å². The summed E-state index contributed by atoms with van der Waals surface area (Å²) in [7, 11) is 0. The van der Waals surface area contributed by atoms with Crippen molar-refractivity contribution >= 4 is 17.4 Å². The fraction of sp³-hybridized carbons (Fsp3) is 0.706. The van der Waals surface area contributed by atoms with Gasteiger partial charge in [0.1, 0.15) is 0 Å². The Morgan fingerprint density at radius 3 is 2.83 bits per heavy atom. The summed E-state index contributed by atoms with van der Waals surface area (Å²) < 4.78 is 0. The first-order chi connectivity index (χ1) is 10.7. The van der Waals surface area contributed by atoms with E-state index in [1.54, 1.807) is 11.3 Å². The van der Waals surface area contributed by atoms with E-state index >= 15 is 0 Å². The van der Waals surface area contributed by atoms with Gasteiger partial charge in [-0.25, -0.2) is 4.79 Å². The highest BCUT2D eigenvalue weighted by Gasteiger charge is 2.30. The largest absolute Gasteiger partial charge is 0.389 e. The molecule has 5 nitrogen and oxygen atoms in total. The van der Waals surface area contributed by atoms with Crippen LogP contribution in [-0.2, 0) is 6.42 Å². The Hall–Kier alpha value is -1.11. The van der Waals surface area contributed by atoms with Crippen LogP contribution >= 0.6 is 11.3 Å². The predicted molar refractivity (Wildman–Crippen MR) is 94.9 cm³/mol. The summed E-state index contributed by atoms with van der Waals surface area (Å²) in [6.07, 6.45) is 0.871. The SMILES string of the molecule is C[C@H](Cc1cccs1)NC(=O)N1CCN(CC(C)(C)O)C[C@@H]1C. The van der Waals surface area contributed by atoms with Crippen LogP contribution in [0.25, 0.3) is 0 Å². The van der Waals surface area contributed by atoms with Crippen LogP contribution < -0.4 is 5.32 Å². The van der Waals surface area contributed by atoms with E-state index in [2.05, 4.69) is 28.6 Å². The third-order valence-electron chi connectivity index (χ3n) is 4.04. The van der Waals surface area contributed by atoms with Crippen LogP contribution in [0.2, 0.25) is 0 Å². The van der Waals surface area contributed by atoms with Crippen molar-refractivity contribution in [3.8, 4) is 0 Å². The van der Waals surface area contributed by atoms with Gasteiger partial charge in [-0.05, 0) is 39.1 Å². The smallest absolute Gasteiger partial charge is 0.317 e. The van der Waals surface area contributed by atoms with Crippen molar-refractivity contribution in [2.24, 2.45) is 0 Å². The standard InChI is InChI=1S/C17H29N3O2S/c1-13(10-15-6-5-9-23-15)18-16(21)20-8-7-19(11-14(20)2)12-17(3,4)22/h5-6,9,13-14,22H,7-8,10-12H2,1-4H3,(H,18,21)/t13-,14+/m1/s1. The number of rotatable bonds is 5. The van der Waals surface area contributed by atoms with Gasteiger partial charge in [-0.2, -0.15) is 0 Å². The van der Waals surface area contributed by atoms with Gasteiger partial charge in [0, 0.05) is 49.6 Å². The van der Waals surface area contributed by atoms with Gasteiger partial charge in [0.15, 0.2) is 0 Å². The number of nitrogens with one attached hydrogen (secondary N) is 1. The number of piperazine rings is 1. The molecule has 0 spiro atoms. The quantitative estimate of drug-likeness (QED) is 0.864. The monoisotopic (exact) mass is 339 g/mol. The number of carbonyl (C=O) groups excluding carboxylic acids is 1.